The Kier molecular flexibility index (Phi) is 3.54. The van der Waals surface area contributed by atoms with Gasteiger partial charge in [0.15, 0.2) is 0 Å². The molecule has 2 rings (SSSR count). The molecule has 2 aliphatic rings. The van der Waals surface area contributed by atoms with Crippen LogP contribution in [0.15, 0.2) is 0 Å². The second-order valence-electron chi connectivity index (χ2n) is 7.36. The summed E-state index contributed by atoms with van der Waals surface area (Å²) < 4.78 is 37.0. The summed E-state index contributed by atoms with van der Waals surface area (Å²) in [5, 5.41) is 10.9. The van der Waals surface area contributed by atoms with Gasteiger partial charge >= 0.3 is 18.1 Å². The van der Waals surface area contributed by atoms with Crippen molar-refractivity contribution in [2.45, 2.75) is 64.1 Å². The molecule has 0 aromatic rings. The molecule has 7 heteroatoms. The van der Waals surface area contributed by atoms with E-state index < -0.39 is 23.6 Å². The third-order valence-corrected chi connectivity index (χ3v) is 5.04. The maximum atomic E-state index is 12.3. The molecule has 0 radical (unpaired) electrons. The van der Waals surface area contributed by atoms with Gasteiger partial charge in [0.1, 0.15) is 5.54 Å². The first-order valence-corrected chi connectivity index (χ1v) is 7.03. The van der Waals surface area contributed by atoms with E-state index in [1.54, 1.807) is 5.32 Å². The molecule has 2 saturated carbocycles. The molecule has 0 unspecified atom stereocenters. The number of carboxylic acid groups (broad SMARTS) is 1. The highest BCUT2D eigenvalue weighted by molar-refractivity contribution is 5.90. The second kappa shape index (κ2) is 4.61. The Balaban J connectivity index is 2.05. The molecular formula is C14H20F3NO3. The molecule has 1 amide bonds. The minimum atomic E-state index is -5.06. The molecular weight excluding hydrogens is 287 g/mol. The first-order valence-electron chi connectivity index (χ1n) is 7.03. The van der Waals surface area contributed by atoms with Crippen LogP contribution in [0.25, 0.3) is 0 Å². The van der Waals surface area contributed by atoms with Gasteiger partial charge in [-0.2, -0.15) is 13.2 Å². The van der Waals surface area contributed by atoms with Crippen LogP contribution in [0.1, 0.15) is 52.4 Å². The van der Waals surface area contributed by atoms with Crippen molar-refractivity contribution in [1.29, 1.82) is 0 Å². The second-order valence-corrected chi connectivity index (χ2v) is 7.36. The zero-order valence-corrected chi connectivity index (χ0v) is 12.1. The van der Waals surface area contributed by atoms with E-state index in [0.717, 1.165) is 25.7 Å². The van der Waals surface area contributed by atoms with Gasteiger partial charge in [0.25, 0.3) is 0 Å². The van der Waals surface area contributed by atoms with Crippen molar-refractivity contribution >= 4 is 11.9 Å². The third-order valence-electron chi connectivity index (χ3n) is 5.04. The maximum absolute atomic E-state index is 12.3. The number of rotatable bonds is 2. The molecule has 0 atom stereocenters. The molecule has 0 heterocycles. The Morgan fingerprint density at radius 2 is 1.52 bits per heavy atom. The van der Waals surface area contributed by atoms with Crippen LogP contribution in [-0.2, 0) is 9.59 Å². The van der Waals surface area contributed by atoms with Crippen LogP contribution in [0, 0.1) is 10.8 Å². The highest BCUT2D eigenvalue weighted by Gasteiger charge is 2.62. The van der Waals surface area contributed by atoms with Gasteiger partial charge in [-0.15, -0.1) is 0 Å². The van der Waals surface area contributed by atoms with Crippen LogP contribution in [0.5, 0.6) is 0 Å². The van der Waals surface area contributed by atoms with E-state index in [9.17, 15) is 27.9 Å². The van der Waals surface area contributed by atoms with Gasteiger partial charge in [0.2, 0.25) is 0 Å². The number of aliphatic carboxylic acids is 1. The Morgan fingerprint density at radius 1 is 1.05 bits per heavy atom. The molecule has 2 fully saturated rings. The van der Waals surface area contributed by atoms with E-state index in [0.29, 0.717) is 0 Å². The molecule has 0 bridgehead atoms. The lowest BCUT2D eigenvalue weighted by Crippen LogP contribution is -2.68. The normalized spacial score (nSPS) is 26.0. The fourth-order valence-corrected chi connectivity index (χ4v) is 3.62. The van der Waals surface area contributed by atoms with Crippen LogP contribution in [0.2, 0.25) is 0 Å². The van der Waals surface area contributed by atoms with Crippen LogP contribution in [0.3, 0.4) is 0 Å². The predicted octanol–water partition coefficient (Wildman–Crippen LogP) is 2.87. The smallest absolute Gasteiger partial charge is 0.471 e. The Labute approximate surface area is 121 Å². The lowest BCUT2D eigenvalue weighted by atomic mass is 9.49. The number of amides is 1. The summed E-state index contributed by atoms with van der Waals surface area (Å²) in [4.78, 5) is 22.4. The molecule has 2 aliphatic carbocycles. The fraction of sp³-hybridized carbons (Fsp3) is 0.857. The fourth-order valence-electron chi connectivity index (χ4n) is 3.62. The van der Waals surface area contributed by atoms with Crippen molar-refractivity contribution in [1.82, 2.24) is 5.32 Å². The van der Waals surface area contributed by atoms with Crippen LogP contribution in [-0.4, -0.2) is 28.7 Å². The standard InChI is InChI=1S/C14H20F3NO3/c1-11(2)3-5-12(6-4-11)7-13(8-12,10(20)21)18-9(19)14(15,16)17/h3-8H2,1-2H3,(H,18,19)(H,20,21). The zero-order valence-electron chi connectivity index (χ0n) is 12.1. The number of halogens is 3. The lowest BCUT2D eigenvalue weighted by Gasteiger charge is -2.57. The van der Waals surface area contributed by atoms with E-state index in [2.05, 4.69) is 13.8 Å². The number of hydrogen-bond donors (Lipinski definition) is 2. The average molecular weight is 307 g/mol. The Morgan fingerprint density at radius 3 is 1.90 bits per heavy atom. The first-order chi connectivity index (χ1) is 9.40. The van der Waals surface area contributed by atoms with Gasteiger partial charge in [0.05, 0.1) is 0 Å². The van der Waals surface area contributed by atoms with Gasteiger partial charge in [-0.3, -0.25) is 4.79 Å². The lowest BCUT2D eigenvalue weighted by molar-refractivity contribution is -0.185. The summed E-state index contributed by atoms with van der Waals surface area (Å²) in [7, 11) is 0. The number of carbonyl (C=O) groups excluding carboxylic acids is 1. The number of carbonyl (C=O) groups is 2. The molecule has 21 heavy (non-hydrogen) atoms. The van der Waals surface area contributed by atoms with Crippen LogP contribution in [0.4, 0.5) is 13.2 Å². The number of carboxylic acids is 1. The summed E-state index contributed by atoms with van der Waals surface area (Å²) in [5.41, 5.74) is -1.79. The third kappa shape index (κ3) is 3.01. The largest absolute Gasteiger partial charge is 0.480 e. The van der Waals surface area contributed by atoms with E-state index in [1.807, 2.05) is 0 Å². The van der Waals surface area contributed by atoms with E-state index in [1.165, 1.54) is 0 Å². The minimum Gasteiger partial charge on any atom is -0.480 e. The highest BCUT2D eigenvalue weighted by atomic mass is 19.4. The monoisotopic (exact) mass is 307 g/mol. The van der Waals surface area contributed by atoms with Crippen LogP contribution >= 0.6 is 0 Å². The minimum absolute atomic E-state index is 0.0905. The van der Waals surface area contributed by atoms with Crippen molar-refractivity contribution in [3.8, 4) is 0 Å². The SMILES string of the molecule is CC1(C)CCC2(CC1)CC(NC(=O)C(F)(F)F)(C(=O)O)C2. The predicted molar refractivity (Wildman–Crippen MR) is 68.5 cm³/mol. The first kappa shape index (κ1) is 16.1. The number of nitrogens with one attached hydrogen (secondary N) is 1. The van der Waals surface area contributed by atoms with Gasteiger partial charge in [0, 0.05) is 0 Å². The summed E-state index contributed by atoms with van der Waals surface area (Å²) >= 11 is 0. The molecule has 1 spiro atoms. The molecule has 0 aromatic carbocycles. The molecule has 0 aliphatic heterocycles. The van der Waals surface area contributed by atoms with Gasteiger partial charge in [-0.05, 0) is 49.4 Å². The molecule has 120 valence electrons. The maximum Gasteiger partial charge on any atom is 0.471 e. The van der Waals surface area contributed by atoms with Crippen molar-refractivity contribution < 1.29 is 27.9 Å². The van der Waals surface area contributed by atoms with Gasteiger partial charge in [-0.25, -0.2) is 4.79 Å². The number of hydrogen-bond acceptors (Lipinski definition) is 2. The van der Waals surface area contributed by atoms with Gasteiger partial charge < -0.3 is 10.4 Å². The van der Waals surface area contributed by atoms with Crippen LogP contribution < -0.4 is 5.32 Å². The average Bonchev–Trinajstić information content (AvgIpc) is 2.28. The highest BCUT2D eigenvalue weighted by Crippen LogP contribution is 2.59. The van der Waals surface area contributed by atoms with E-state index >= 15 is 0 Å². The molecule has 4 nitrogen and oxygen atoms in total. The zero-order chi connectivity index (χ0) is 16.1. The topological polar surface area (TPSA) is 66.4 Å². The summed E-state index contributed by atoms with van der Waals surface area (Å²) in [6, 6.07) is 0. The van der Waals surface area contributed by atoms with Crippen molar-refractivity contribution in [2.75, 3.05) is 0 Å². The van der Waals surface area contributed by atoms with Crippen molar-refractivity contribution in [2.24, 2.45) is 10.8 Å². The molecule has 2 N–H and O–H groups in total. The van der Waals surface area contributed by atoms with Crippen molar-refractivity contribution in [3.05, 3.63) is 0 Å². The summed E-state index contributed by atoms with van der Waals surface area (Å²) in [6.07, 6.45) is -1.42. The Hall–Kier alpha value is -1.27. The quantitative estimate of drug-likeness (QED) is 0.824. The Bertz CT molecular complexity index is 453. The molecule has 0 aromatic heterocycles. The van der Waals surface area contributed by atoms with E-state index in [4.69, 9.17) is 0 Å². The summed E-state index contributed by atoms with van der Waals surface area (Å²) in [5.74, 6) is -3.55. The van der Waals surface area contributed by atoms with Crippen molar-refractivity contribution in [3.63, 3.8) is 0 Å². The molecule has 0 saturated heterocycles. The summed E-state index contributed by atoms with van der Waals surface area (Å²) in [6.45, 7) is 4.27. The van der Waals surface area contributed by atoms with E-state index in [-0.39, 0.29) is 23.7 Å². The number of alkyl halides is 3. The van der Waals surface area contributed by atoms with Gasteiger partial charge in [-0.1, -0.05) is 13.8 Å².